The van der Waals surface area contributed by atoms with Crippen molar-refractivity contribution < 1.29 is 19.0 Å². The van der Waals surface area contributed by atoms with Crippen molar-refractivity contribution in [3.8, 4) is 17.2 Å². The molecule has 0 saturated carbocycles. The number of thioether (sulfide) groups is 1. The largest absolute Gasteiger partial charge is 0.489 e. The van der Waals surface area contributed by atoms with E-state index in [1.165, 1.54) is 0 Å². The van der Waals surface area contributed by atoms with Gasteiger partial charge in [-0.25, -0.2) is 0 Å². The van der Waals surface area contributed by atoms with Gasteiger partial charge < -0.3 is 24.0 Å². The maximum atomic E-state index is 10.8. The highest BCUT2D eigenvalue weighted by Gasteiger charge is 2.22. The summed E-state index contributed by atoms with van der Waals surface area (Å²) in [4.78, 5) is 23.2. The van der Waals surface area contributed by atoms with Gasteiger partial charge in [0.15, 0.2) is 0 Å². The van der Waals surface area contributed by atoms with E-state index in [-0.39, 0.29) is 11.4 Å². The van der Waals surface area contributed by atoms with E-state index in [1.54, 1.807) is 25.1 Å². The average molecular weight is 440 g/mol. The number of aliphatic imine (C=N–C) groups is 1. The molecule has 1 aliphatic rings. The van der Waals surface area contributed by atoms with Gasteiger partial charge in [-0.1, -0.05) is 11.8 Å². The molecular weight excluding hydrogens is 414 g/mol. The second-order valence-corrected chi connectivity index (χ2v) is 8.83. The standard InChI is InChI=1S/C23H25N3O4S/c1-14(2)29-21-10-18(30-17-5-4-16(13-28-3)24-11-17)8-15-9-20(26-22(15)21)23-25-12-19(31-23)6-7-27/h4-5,7-11,14,19,26H,6,12-13H2,1-3H3. The molecule has 4 rings (SSSR count). The molecule has 162 valence electrons. The Kier molecular flexibility index (Phi) is 6.58. The van der Waals surface area contributed by atoms with Crippen LogP contribution in [0.1, 0.15) is 31.7 Å². The van der Waals surface area contributed by atoms with Crippen LogP contribution < -0.4 is 9.47 Å². The number of hydrogen-bond acceptors (Lipinski definition) is 7. The first-order valence-corrected chi connectivity index (χ1v) is 11.0. The number of carbonyl (C=O) groups excluding carboxylic acids is 1. The number of carbonyl (C=O) groups is 1. The molecule has 0 aliphatic carbocycles. The van der Waals surface area contributed by atoms with Crippen LogP contribution in [0.5, 0.6) is 17.2 Å². The molecule has 0 radical (unpaired) electrons. The average Bonchev–Trinajstić information content (AvgIpc) is 3.37. The minimum absolute atomic E-state index is 0.00959. The van der Waals surface area contributed by atoms with Gasteiger partial charge in [0, 0.05) is 30.2 Å². The fraction of sp³-hybridized carbons (Fsp3) is 0.348. The zero-order valence-electron chi connectivity index (χ0n) is 17.8. The molecule has 0 amide bonds. The van der Waals surface area contributed by atoms with Crippen molar-refractivity contribution in [1.82, 2.24) is 9.97 Å². The van der Waals surface area contributed by atoms with Crippen LogP contribution in [0.15, 0.2) is 41.5 Å². The first-order chi connectivity index (χ1) is 15.1. The second-order valence-electron chi connectivity index (χ2n) is 7.54. The van der Waals surface area contributed by atoms with Gasteiger partial charge in [0.05, 0.1) is 42.4 Å². The van der Waals surface area contributed by atoms with Crippen molar-refractivity contribution in [3.05, 3.63) is 47.9 Å². The number of ether oxygens (including phenoxy) is 3. The molecule has 1 unspecified atom stereocenters. The highest BCUT2D eigenvalue weighted by Crippen LogP contribution is 2.36. The Balaban J connectivity index is 1.63. The van der Waals surface area contributed by atoms with Gasteiger partial charge in [-0.15, -0.1) is 0 Å². The lowest BCUT2D eigenvalue weighted by Crippen LogP contribution is -2.06. The molecule has 1 aliphatic heterocycles. The number of nitrogens with one attached hydrogen (secondary N) is 1. The number of benzene rings is 1. The third-order valence-electron chi connectivity index (χ3n) is 4.66. The Hall–Kier alpha value is -2.84. The number of fused-ring (bicyclic) bond motifs is 1. The van der Waals surface area contributed by atoms with E-state index in [9.17, 15) is 4.79 Å². The first-order valence-electron chi connectivity index (χ1n) is 10.2. The van der Waals surface area contributed by atoms with Crippen molar-refractivity contribution in [2.45, 2.75) is 38.2 Å². The van der Waals surface area contributed by atoms with E-state index in [0.717, 1.165) is 33.6 Å². The topological polar surface area (TPSA) is 85.8 Å². The maximum absolute atomic E-state index is 10.8. The molecule has 2 aromatic heterocycles. The molecule has 3 heterocycles. The molecule has 0 bridgehead atoms. The fourth-order valence-corrected chi connectivity index (χ4v) is 4.37. The summed E-state index contributed by atoms with van der Waals surface area (Å²) in [6.45, 7) is 5.09. The Morgan fingerprint density at radius 1 is 1.26 bits per heavy atom. The van der Waals surface area contributed by atoms with Gasteiger partial charge in [-0.2, -0.15) is 0 Å². The quantitative estimate of drug-likeness (QED) is 0.485. The normalized spacial score (nSPS) is 16.0. The minimum atomic E-state index is 0.00959. The molecule has 1 atom stereocenters. The molecule has 1 N–H and O–H groups in total. The van der Waals surface area contributed by atoms with Crippen LogP contribution in [0.4, 0.5) is 0 Å². The molecule has 8 heteroatoms. The Morgan fingerprint density at radius 3 is 2.84 bits per heavy atom. The zero-order chi connectivity index (χ0) is 21.8. The monoisotopic (exact) mass is 439 g/mol. The summed E-state index contributed by atoms with van der Waals surface area (Å²) in [7, 11) is 1.64. The van der Waals surface area contributed by atoms with Gasteiger partial charge >= 0.3 is 0 Å². The summed E-state index contributed by atoms with van der Waals surface area (Å²) in [5.41, 5.74) is 2.66. The van der Waals surface area contributed by atoms with Crippen molar-refractivity contribution in [2.75, 3.05) is 13.7 Å². The van der Waals surface area contributed by atoms with Crippen molar-refractivity contribution in [3.63, 3.8) is 0 Å². The lowest BCUT2D eigenvalue weighted by atomic mass is 10.2. The van der Waals surface area contributed by atoms with Crippen LogP contribution in [0, 0.1) is 0 Å². The summed E-state index contributed by atoms with van der Waals surface area (Å²) in [5.74, 6) is 2.01. The number of hydrogen-bond donors (Lipinski definition) is 1. The number of aldehydes is 1. The Bertz CT molecular complexity index is 1090. The number of H-pyrrole nitrogens is 1. The molecule has 1 aromatic carbocycles. The summed E-state index contributed by atoms with van der Waals surface area (Å²) < 4.78 is 17.2. The molecule has 0 fully saturated rings. The number of methoxy groups -OCH3 is 1. The third kappa shape index (κ3) is 5.08. The second kappa shape index (κ2) is 9.53. The van der Waals surface area contributed by atoms with E-state index in [2.05, 4.69) is 15.0 Å². The van der Waals surface area contributed by atoms with Gasteiger partial charge in [0.1, 0.15) is 28.6 Å². The fourth-order valence-electron chi connectivity index (χ4n) is 3.34. The predicted molar refractivity (Wildman–Crippen MR) is 123 cm³/mol. The Morgan fingerprint density at radius 2 is 2.13 bits per heavy atom. The molecule has 31 heavy (non-hydrogen) atoms. The van der Waals surface area contributed by atoms with Crippen LogP contribution in [0.3, 0.4) is 0 Å². The Labute approximate surface area is 185 Å². The van der Waals surface area contributed by atoms with E-state index in [0.29, 0.717) is 36.8 Å². The summed E-state index contributed by atoms with van der Waals surface area (Å²) in [6, 6.07) is 9.64. The molecule has 0 saturated heterocycles. The van der Waals surface area contributed by atoms with E-state index < -0.39 is 0 Å². The summed E-state index contributed by atoms with van der Waals surface area (Å²) in [6.07, 6.45) is 3.15. The lowest BCUT2D eigenvalue weighted by molar-refractivity contribution is -0.107. The van der Waals surface area contributed by atoms with Crippen LogP contribution in [-0.2, 0) is 16.1 Å². The molecule has 0 spiro atoms. The van der Waals surface area contributed by atoms with Crippen LogP contribution >= 0.6 is 11.8 Å². The van der Waals surface area contributed by atoms with Crippen LogP contribution in [0.25, 0.3) is 10.9 Å². The van der Waals surface area contributed by atoms with Gasteiger partial charge in [0.2, 0.25) is 0 Å². The predicted octanol–water partition coefficient (Wildman–Crippen LogP) is 4.74. The van der Waals surface area contributed by atoms with Crippen LogP contribution in [0.2, 0.25) is 0 Å². The number of aromatic nitrogens is 2. The number of nitrogens with zero attached hydrogens (tertiary/aromatic N) is 2. The van der Waals surface area contributed by atoms with Gasteiger partial charge in [-0.3, -0.25) is 9.98 Å². The van der Waals surface area contributed by atoms with E-state index in [1.807, 2.05) is 44.2 Å². The third-order valence-corrected chi connectivity index (χ3v) is 5.91. The maximum Gasteiger partial charge on any atom is 0.147 e. The number of aromatic amines is 1. The minimum Gasteiger partial charge on any atom is -0.489 e. The van der Waals surface area contributed by atoms with Crippen molar-refractivity contribution in [1.29, 1.82) is 0 Å². The number of pyridine rings is 1. The SMILES string of the molecule is COCc1ccc(Oc2cc(OC(C)C)c3[nH]c(C4=NCC(CC=O)S4)cc3c2)cn1. The van der Waals surface area contributed by atoms with Crippen LogP contribution in [-0.4, -0.2) is 46.3 Å². The van der Waals surface area contributed by atoms with E-state index >= 15 is 0 Å². The molecule has 3 aromatic rings. The number of rotatable bonds is 9. The van der Waals surface area contributed by atoms with Crippen molar-refractivity contribution in [2.24, 2.45) is 4.99 Å². The van der Waals surface area contributed by atoms with Crippen molar-refractivity contribution >= 4 is 34.0 Å². The first kappa shape index (κ1) is 21.4. The van der Waals surface area contributed by atoms with E-state index in [4.69, 9.17) is 14.2 Å². The zero-order valence-corrected chi connectivity index (χ0v) is 18.6. The summed E-state index contributed by atoms with van der Waals surface area (Å²) >= 11 is 1.63. The van der Waals surface area contributed by atoms with Gasteiger partial charge in [-0.05, 0) is 38.1 Å². The smallest absolute Gasteiger partial charge is 0.147 e. The molecular formula is C23H25N3O4S. The molecule has 7 nitrogen and oxygen atoms in total. The highest BCUT2D eigenvalue weighted by molar-refractivity contribution is 8.15. The lowest BCUT2D eigenvalue weighted by Gasteiger charge is -2.13. The van der Waals surface area contributed by atoms with Gasteiger partial charge in [0.25, 0.3) is 0 Å². The summed E-state index contributed by atoms with van der Waals surface area (Å²) in [5, 5.41) is 2.09. The highest BCUT2D eigenvalue weighted by atomic mass is 32.2.